The van der Waals surface area contributed by atoms with Crippen molar-refractivity contribution in [1.29, 1.82) is 0 Å². The smallest absolute Gasteiger partial charge is 0.160 e. The summed E-state index contributed by atoms with van der Waals surface area (Å²) in [5.41, 5.74) is 0.819. The number of aromatic nitrogens is 1. The molecular formula is C11H11NO2S2. The molecule has 0 N–H and O–H groups in total. The molecule has 3 nitrogen and oxygen atoms in total. The van der Waals surface area contributed by atoms with Crippen LogP contribution in [0.15, 0.2) is 41.9 Å². The molecule has 0 radical (unpaired) electrons. The Balaban J connectivity index is 2.09. The summed E-state index contributed by atoms with van der Waals surface area (Å²) in [6.45, 7) is 0. The quantitative estimate of drug-likeness (QED) is 0.839. The van der Waals surface area contributed by atoms with E-state index in [2.05, 4.69) is 4.98 Å². The summed E-state index contributed by atoms with van der Waals surface area (Å²) in [6.07, 6.45) is 1.62. The lowest BCUT2D eigenvalue weighted by Gasteiger charge is -2.02. The topological polar surface area (TPSA) is 47.0 Å². The summed E-state index contributed by atoms with van der Waals surface area (Å²) in [7, 11) is -3.11. The highest BCUT2D eigenvalue weighted by atomic mass is 32.2. The lowest BCUT2D eigenvalue weighted by Crippen LogP contribution is -2.07. The maximum atomic E-state index is 11.8. The minimum atomic E-state index is -3.11. The summed E-state index contributed by atoms with van der Waals surface area (Å²) in [4.78, 5) is 3.98. The Labute approximate surface area is 98.7 Å². The summed E-state index contributed by atoms with van der Waals surface area (Å²) >= 11 is 1.37. The first-order valence-electron chi connectivity index (χ1n) is 4.78. The largest absolute Gasteiger partial charge is 0.249 e. The third kappa shape index (κ3) is 3.15. The molecule has 1 heterocycles. The molecule has 0 saturated heterocycles. The van der Waals surface area contributed by atoms with Crippen molar-refractivity contribution in [3.05, 3.63) is 52.5 Å². The van der Waals surface area contributed by atoms with Gasteiger partial charge in [-0.3, -0.25) is 0 Å². The van der Waals surface area contributed by atoms with Crippen molar-refractivity contribution in [2.45, 2.75) is 11.5 Å². The van der Waals surface area contributed by atoms with E-state index in [1.807, 2.05) is 30.3 Å². The minimum absolute atomic E-state index is 0.0273. The van der Waals surface area contributed by atoms with Crippen LogP contribution in [0.1, 0.15) is 10.6 Å². The Morgan fingerprint density at radius 3 is 2.50 bits per heavy atom. The monoisotopic (exact) mass is 253 g/mol. The molecule has 1 aromatic heterocycles. The summed E-state index contributed by atoms with van der Waals surface area (Å²) in [5, 5.41) is 2.43. The van der Waals surface area contributed by atoms with Gasteiger partial charge in [0, 0.05) is 11.6 Å². The maximum Gasteiger partial charge on any atom is 0.160 e. The van der Waals surface area contributed by atoms with Crippen LogP contribution in [0.3, 0.4) is 0 Å². The van der Waals surface area contributed by atoms with Crippen LogP contribution in [0.4, 0.5) is 0 Å². The molecule has 2 rings (SSSR count). The predicted molar refractivity (Wildman–Crippen MR) is 64.9 cm³/mol. The predicted octanol–water partition coefficient (Wildman–Crippen LogP) is 2.26. The molecule has 2 aromatic rings. The van der Waals surface area contributed by atoms with Crippen LogP contribution in [-0.2, 0) is 21.3 Å². The SMILES string of the molecule is O=S(=O)(Cc1ccccc1)Cc1nccs1. The molecule has 0 aliphatic carbocycles. The molecule has 84 valence electrons. The van der Waals surface area contributed by atoms with Crippen molar-refractivity contribution >= 4 is 21.2 Å². The molecule has 0 atom stereocenters. The number of rotatable bonds is 4. The second-order valence-electron chi connectivity index (χ2n) is 3.44. The fraction of sp³-hybridized carbons (Fsp3) is 0.182. The number of sulfone groups is 1. The van der Waals surface area contributed by atoms with Gasteiger partial charge in [0.2, 0.25) is 0 Å². The fourth-order valence-corrected chi connectivity index (χ4v) is 3.86. The van der Waals surface area contributed by atoms with Crippen molar-refractivity contribution in [2.75, 3.05) is 0 Å². The van der Waals surface area contributed by atoms with Crippen LogP contribution in [0.5, 0.6) is 0 Å². The molecule has 0 fully saturated rings. The Morgan fingerprint density at radius 1 is 1.12 bits per heavy atom. The van der Waals surface area contributed by atoms with E-state index in [0.29, 0.717) is 5.01 Å². The van der Waals surface area contributed by atoms with E-state index in [1.165, 1.54) is 11.3 Å². The second kappa shape index (κ2) is 4.76. The fourth-order valence-electron chi connectivity index (χ4n) is 1.39. The van der Waals surface area contributed by atoms with Gasteiger partial charge in [0.1, 0.15) is 10.8 Å². The highest BCUT2D eigenvalue weighted by Crippen LogP contribution is 2.13. The van der Waals surface area contributed by atoms with Crippen LogP contribution < -0.4 is 0 Å². The molecule has 0 amide bonds. The van der Waals surface area contributed by atoms with E-state index in [4.69, 9.17) is 0 Å². The third-order valence-electron chi connectivity index (χ3n) is 2.06. The summed E-state index contributed by atoms with van der Waals surface area (Å²) in [6, 6.07) is 9.19. The number of benzene rings is 1. The minimum Gasteiger partial charge on any atom is -0.249 e. The Bertz CT molecular complexity index is 533. The van der Waals surface area contributed by atoms with E-state index < -0.39 is 9.84 Å². The third-order valence-corrected chi connectivity index (χ3v) is 4.51. The molecule has 0 aliphatic rings. The van der Waals surface area contributed by atoms with Gasteiger partial charge in [-0.2, -0.15) is 0 Å². The highest BCUT2D eigenvalue weighted by molar-refractivity contribution is 7.89. The van der Waals surface area contributed by atoms with Gasteiger partial charge < -0.3 is 0 Å². The van der Waals surface area contributed by atoms with E-state index in [1.54, 1.807) is 11.6 Å². The normalized spacial score (nSPS) is 11.5. The van der Waals surface area contributed by atoms with E-state index in [9.17, 15) is 8.42 Å². The molecule has 1 aromatic carbocycles. The second-order valence-corrected chi connectivity index (χ2v) is 6.49. The molecule has 0 aliphatic heterocycles. The zero-order valence-electron chi connectivity index (χ0n) is 8.54. The number of hydrogen-bond acceptors (Lipinski definition) is 4. The van der Waals surface area contributed by atoms with Crippen LogP contribution in [0.25, 0.3) is 0 Å². The molecule has 16 heavy (non-hydrogen) atoms. The number of thiazole rings is 1. The van der Waals surface area contributed by atoms with Crippen LogP contribution >= 0.6 is 11.3 Å². The van der Waals surface area contributed by atoms with Crippen LogP contribution in [0, 0.1) is 0 Å². The van der Waals surface area contributed by atoms with Gasteiger partial charge in [-0.25, -0.2) is 13.4 Å². The zero-order valence-corrected chi connectivity index (χ0v) is 10.2. The molecular weight excluding hydrogens is 242 g/mol. The van der Waals surface area contributed by atoms with Gasteiger partial charge >= 0.3 is 0 Å². The summed E-state index contributed by atoms with van der Waals surface area (Å²) < 4.78 is 23.7. The first-order chi connectivity index (χ1) is 7.66. The van der Waals surface area contributed by atoms with E-state index in [0.717, 1.165) is 5.56 Å². The van der Waals surface area contributed by atoms with Gasteiger partial charge in [0.05, 0.1) is 5.75 Å². The van der Waals surface area contributed by atoms with Crippen LogP contribution in [-0.4, -0.2) is 13.4 Å². The van der Waals surface area contributed by atoms with Crippen LogP contribution in [0.2, 0.25) is 0 Å². The van der Waals surface area contributed by atoms with Gasteiger partial charge in [-0.1, -0.05) is 30.3 Å². The number of hydrogen-bond donors (Lipinski definition) is 0. The lowest BCUT2D eigenvalue weighted by atomic mass is 10.2. The number of nitrogens with zero attached hydrogens (tertiary/aromatic N) is 1. The molecule has 0 spiro atoms. The van der Waals surface area contributed by atoms with Crippen molar-refractivity contribution in [3.8, 4) is 0 Å². The zero-order chi connectivity index (χ0) is 11.4. The Hall–Kier alpha value is -1.20. The van der Waals surface area contributed by atoms with E-state index >= 15 is 0 Å². The summed E-state index contributed by atoms with van der Waals surface area (Å²) in [5.74, 6) is 0.104. The van der Waals surface area contributed by atoms with Crippen molar-refractivity contribution < 1.29 is 8.42 Å². The Morgan fingerprint density at radius 2 is 1.88 bits per heavy atom. The van der Waals surface area contributed by atoms with Gasteiger partial charge in [0.25, 0.3) is 0 Å². The Kier molecular flexibility index (Phi) is 3.36. The van der Waals surface area contributed by atoms with Crippen molar-refractivity contribution in [2.24, 2.45) is 0 Å². The van der Waals surface area contributed by atoms with Gasteiger partial charge in [-0.05, 0) is 5.56 Å². The molecule has 0 bridgehead atoms. The average Bonchev–Trinajstić information content (AvgIpc) is 2.70. The first kappa shape index (κ1) is 11.3. The molecule has 5 heteroatoms. The highest BCUT2D eigenvalue weighted by Gasteiger charge is 2.14. The van der Waals surface area contributed by atoms with E-state index in [-0.39, 0.29) is 11.5 Å². The maximum absolute atomic E-state index is 11.8. The first-order valence-corrected chi connectivity index (χ1v) is 7.48. The van der Waals surface area contributed by atoms with Gasteiger partial charge in [0.15, 0.2) is 9.84 Å². The lowest BCUT2D eigenvalue weighted by molar-refractivity contribution is 0.594. The standard InChI is InChI=1S/C11H11NO2S2/c13-16(14,9-11-12-6-7-15-11)8-10-4-2-1-3-5-10/h1-7H,8-9H2. The molecule has 0 unspecified atom stereocenters. The van der Waals surface area contributed by atoms with Crippen molar-refractivity contribution in [1.82, 2.24) is 4.98 Å². The molecule has 0 saturated carbocycles. The van der Waals surface area contributed by atoms with Gasteiger partial charge in [-0.15, -0.1) is 11.3 Å². The van der Waals surface area contributed by atoms with Crippen molar-refractivity contribution in [3.63, 3.8) is 0 Å². The average molecular weight is 253 g/mol.